The number of oxime groups is 1. The van der Waals surface area contributed by atoms with Gasteiger partial charge in [0.15, 0.2) is 0 Å². The first kappa shape index (κ1) is 14.7. The molecular formula is C11H22N2O3. The van der Waals surface area contributed by atoms with Crippen molar-refractivity contribution in [3.05, 3.63) is 0 Å². The zero-order valence-electron chi connectivity index (χ0n) is 10.7. The van der Waals surface area contributed by atoms with Crippen LogP contribution < -0.4 is 5.32 Å². The van der Waals surface area contributed by atoms with E-state index in [-0.39, 0.29) is 12.0 Å². The third-order valence-corrected chi connectivity index (χ3v) is 2.17. The Morgan fingerprint density at radius 1 is 1.56 bits per heavy atom. The number of ether oxygens (including phenoxy) is 1. The van der Waals surface area contributed by atoms with Gasteiger partial charge in [-0.25, -0.2) is 4.79 Å². The predicted octanol–water partition coefficient (Wildman–Crippen LogP) is 2.39. The fourth-order valence-electron chi connectivity index (χ4n) is 1.10. The van der Waals surface area contributed by atoms with Crippen molar-refractivity contribution in [1.82, 2.24) is 5.32 Å². The molecule has 0 aliphatic carbocycles. The van der Waals surface area contributed by atoms with Crippen LogP contribution in [0.15, 0.2) is 5.16 Å². The van der Waals surface area contributed by atoms with Crippen molar-refractivity contribution in [2.45, 2.75) is 52.7 Å². The average Bonchev–Trinajstić information content (AvgIpc) is 2.13. The maximum Gasteiger partial charge on any atom is 0.408 e. The molecule has 0 bridgehead atoms. The highest BCUT2D eigenvalue weighted by Crippen LogP contribution is 2.09. The van der Waals surface area contributed by atoms with Crippen LogP contribution in [0.3, 0.4) is 0 Å². The van der Waals surface area contributed by atoms with Crippen LogP contribution in [0.1, 0.15) is 41.0 Å². The lowest BCUT2D eigenvalue weighted by Crippen LogP contribution is -2.43. The van der Waals surface area contributed by atoms with E-state index in [9.17, 15) is 4.79 Å². The molecule has 0 radical (unpaired) electrons. The summed E-state index contributed by atoms with van der Waals surface area (Å²) in [6, 6.07) is -0.315. The number of nitrogens with one attached hydrogen (secondary N) is 1. The Hall–Kier alpha value is -1.26. The van der Waals surface area contributed by atoms with Crippen molar-refractivity contribution in [1.29, 1.82) is 0 Å². The summed E-state index contributed by atoms with van der Waals surface area (Å²) in [5.41, 5.74) is -0.527. The maximum absolute atomic E-state index is 11.5. The van der Waals surface area contributed by atoms with Crippen LogP contribution in [0.2, 0.25) is 0 Å². The molecule has 5 nitrogen and oxygen atoms in total. The smallest absolute Gasteiger partial charge is 0.408 e. The van der Waals surface area contributed by atoms with E-state index in [0.29, 0.717) is 0 Å². The second-order valence-corrected chi connectivity index (χ2v) is 4.82. The third kappa shape index (κ3) is 6.27. The molecule has 0 saturated carbocycles. The summed E-state index contributed by atoms with van der Waals surface area (Å²) < 4.78 is 5.12. The van der Waals surface area contributed by atoms with Crippen molar-refractivity contribution in [2.75, 3.05) is 0 Å². The zero-order chi connectivity index (χ0) is 12.8. The van der Waals surface area contributed by atoms with Gasteiger partial charge in [0.25, 0.3) is 0 Å². The first-order chi connectivity index (χ1) is 7.30. The van der Waals surface area contributed by atoms with Gasteiger partial charge >= 0.3 is 6.09 Å². The van der Waals surface area contributed by atoms with Gasteiger partial charge in [0.05, 0.1) is 12.3 Å². The molecular weight excluding hydrogens is 208 g/mol. The quantitative estimate of drug-likeness (QED) is 0.442. The van der Waals surface area contributed by atoms with Crippen LogP contribution in [-0.2, 0) is 4.74 Å². The summed E-state index contributed by atoms with van der Waals surface area (Å²) in [4.78, 5) is 11.5. The van der Waals surface area contributed by atoms with Gasteiger partial charge in [-0.1, -0.05) is 25.4 Å². The molecule has 0 fully saturated rings. The van der Waals surface area contributed by atoms with Gasteiger partial charge in [0.2, 0.25) is 0 Å². The molecule has 2 N–H and O–H groups in total. The second kappa shape index (κ2) is 6.35. The van der Waals surface area contributed by atoms with E-state index in [0.717, 1.165) is 6.42 Å². The summed E-state index contributed by atoms with van der Waals surface area (Å²) in [6.07, 6.45) is 1.67. The lowest BCUT2D eigenvalue weighted by atomic mass is 10.0. The van der Waals surface area contributed by atoms with Crippen LogP contribution in [-0.4, -0.2) is 29.2 Å². The van der Waals surface area contributed by atoms with E-state index in [1.165, 1.54) is 6.21 Å². The Labute approximate surface area is 96.9 Å². The highest BCUT2D eigenvalue weighted by atomic mass is 16.6. The van der Waals surface area contributed by atoms with Gasteiger partial charge in [-0.05, 0) is 26.7 Å². The molecule has 94 valence electrons. The van der Waals surface area contributed by atoms with E-state index >= 15 is 0 Å². The number of alkyl carbamates (subject to hydrolysis) is 1. The molecule has 0 aliphatic rings. The molecule has 0 spiro atoms. The van der Waals surface area contributed by atoms with Gasteiger partial charge in [0, 0.05) is 0 Å². The fourth-order valence-corrected chi connectivity index (χ4v) is 1.10. The van der Waals surface area contributed by atoms with Gasteiger partial charge in [0.1, 0.15) is 5.60 Å². The largest absolute Gasteiger partial charge is 0.444 e. The SMILES string of the molecule is CCC(C)[C@@H](/C=N/O)NC(=O)OC(C)(C)C. The first-order valence-electron chi connectivity index (χ1n) is 5.47. The second-order valence-electron chi connectivity index (χ2n) is 4.82. The fraction of sp³-hybridized carbons (Fsp3) is 0.818. The number of nitrogens with zero attached hydrogens (tertiary/aromatic N) is 1. The predicted molar refractivity (Wildman–Crippen MR) is 62.9 cm³/mol. The summed E-state index contributed by atoms with van der Waals surface area (Å²) in [5.74, 6) is 0.184. The number of carbonyl (C=O) groups excluding carboxylic acids is 1. The molecule has 0 rings (SSSR count). The monoisotopic (exact) mass is 230 g/mol. The molecule has 5 heteroatoms. The van der Waals surface area contributed by atoms with Crippen LogP contribution in [0, 0.1) is 5.92 Å². The molecule has 1 amide bonds. The first-order valence-corrected chi connectivity index (χ1v) is 5.47. The number of carbonyl (C=O) groups is 1. The standard InChI is InChI=1S/C11H22N2O3/c1-6-8(2)9(7-12-15)13-10(14)16-11(3,4)5/h7-9,15H,6H2,1-5H3,(H,13,14)/b12-7+/t8?,9-/m1/s1. The third-order valence-electron chi connectivity index (χ3n) is 2.17. The number of hydrogen-bond donors (Lipinski definition) is 2. The summed E-state index contributed by atoms with van der Waals surface area (Å²) in [7, 11) is 0. The van der Waals surface area contributed by atoms with Crippen molar-refractivity contribution in [2.24, 2.45) is 11.1 Å². The Morgan fingerprint density at radius 2 is 2.12 bits per heavy atom. The lowest BCUT2D eigenvalue weighted by Gasteiger charge is -2.24. The summed E-state index contributed by atoms with van der Waals surface area (Å²) in [6.45, 7) is 9.35. The number of rotatable bonds is 4. The molecule has 0 aromatic rings. The highest BCUT2D eigenvalue weighted by molar-refractivity contribution is 5.75. The Kier molecular flexibility index (Phi) is 5.85. The molecule has 0 aliphatic heterocycles. The maximum atomic E-state index is 11.5. The minimum Gasteiger partial charge on any atom is -0.444 e. The summed E-state index contributed by atoms with van der Waals surface area (Å²) >= 11 is 0. The van der Waals surface area contributed by atoms with Crippen LogP contribution in [0.4, 0.5) is 4.79 Å². The van der Waals surface area contributed by atoms with Gasteiger partial charge in [-0.2, -0.15) is 0 Å². The Morgan fingerprint density at radius 3 is 2.50 bits per heavy atom. The van der Waals surface area contributed by atoms with E-state index in [2.05, 4.69) is 10.5 Å². The van der Waals surface area contributed by atoms with Gasteiger partial charge in [-0.15, -0.1) is 0 Å². The average molecular weight is 230 g/mol. The molecule has 1 unspecified atom stereocenters. The molecule has 0 heterocycles. The Balaban J connectivity index is 4.35. The van der Waals surface area contributed by atoms with E-state index in [4.69, 9.17) is 9.94 Å². The minimum atomic E-state index is -0.527. The van der Waals surface area contributed by atoms with Crippen LogP contribution >= 0.6 is 0 Å². The topological polar surface area (TPSA) is 70.9 Å². The van der Waals surface area contributed by atoms with E-state index in [1.54, 1.807) is 20.8 Å². The van der Waals surface area contributed by atoms with E-state index in [1.807, 2.05) is 13.8 Å². The summed E-state index contributed by atoms with van der Waals surface area (Å²) in [5, 5.41) is 14.1. The van der Waals surface area contributed by atoms with Gasteiger partial charge < -0.3 is 15.3 Å². The molecule has 0 aromatic carbocycles. The minimum absolute atomic E-state index is 0.184. The number of hydrogen-bond acceptors (Lipinski definition) is 4. The molecule has 2 atom stereocenters. The number of amides is 1. The normalized spacial score (nSPS) is 15.8. The van der Waals surface area contributed by atoms with Crippen molar-refractivity contribution < 1.29 is 14.7 Å². The van der Waals surface area contributed by atoms with Gasteiger partial charge in [-0.3, -0.25) is 0 Å². The lowest BCUT2D eigenvalue weighted by molar-refractivity contribution is 0.0507. The molecule has 0 aromatic heterocycles. The van der Waals surface area contributed by atoms with Crippen LogP contribution in [0.5, 0.6) is 0 Å². The van der Waals surface area contributed by atoms with Crippen molar-refractivity contribution in [3.8, 4) is 0 Å². The highest BCUT2D eigenvalue weighted by Gasteiger charge is 2.21. The Bertz CT molecular complexity index is 246. The molecule has 16 heavy (non-hydrogen) atoms. The molecule has 0 saturated heterocycles. The van der Waals surface area contributed by atoms with Crippen molar-refractivity contribution in [3.63, 3.8) is 0 Å². The van der Waals surface area contributed by atoms with E-state index < -0.39 is 11.7 Å². The van der Waals surface area contributed by atoms with Crippen molar-refractivity contribution >= 4 is 12.3 Å². The van der Waals surface area contributed by atoms with Crippen LogP contribution in [0.25, 0.3) is 0 Å². The zero-order valence-corrected chi connectivity index (χ0v) is 10.7.